The molecule has 212 valence electrons. The molecule has 11 nitrogen and oxygen atoms in total. The van der Waals surface area contributed by atoms with Gasteiger partial charge in [0.15, 0.2) is 0 Å². The van der Waals surface area contributed by atoms with Crippen LogP contribution in [0.5, 0.6) is 0 Å². The van der Waals surface area contributed by atoms with E-state index in [1.807, 2.05) is 0 Å². The maximum absolute atomic E-state index is 13.2. The molecular weight excluding hydrogens is 542 g/mol. The molecule has 1 aromatic rings. The van der Waals surface area contributed by atoms with Crippen molar-refractivity contribution in [3.8, 4) is 0 Å². The van der Waals surface area contributed by atoms with E-state index in [1.54, 1.807) is 13.8 Å². The highest BCUT2D eigenvalue weighted by Crippen LogP contribution is 2.45. The number of sulfonamides is 1. The number of hydrogen-bond donors (Lipinski definition) is 2. The van der Waals surface area contributed by atoms with Crippen LogP contribution in [0.15, 0.2) is 29.2 Å². The number of halogens is 4. The number of alkyl halides is 3. The Morgan fingerprint density at radius 2 is 1.68 bits per heavy atom. The number of likely N-dealkylation sites (N-methyl/N-ethyl adjacent to an activating group) is 1. The normalized spacial score (nSPS) is 25.2. The molecule has 2 saturated heterocycles. The monoisotopic (exact) mass is 569 g/mol. The Morgan fingerprint density at radius 3 is 2.11 bits per heavy atom. The maximum Gasteiger partial charge on any atom is 0.490 e. The highest BCUT2D eigenvalue weighted by molar-refractivity contribution is 7.89. The van der Waals surface area contributed by atoms with Gasteiger partial charge in [0.2, 0.25) is 21.8 Å². The summed E-state index contributed by atoms with van der Waals surface area (Å²) in [6.07, 6.45) is -4.90. The van der Waals surface area contributed by atoms with Crippen molar-refractivity contribution in [1.29, 1.82) is 0 Å². The number of aliphatic carboxylic acids is 1. The van der Waals surface area contributed by atoms with Crippen LogP contribution in [0.4, 0.5) is 17.6 Å². The van der Waals surface area contributed by atoms with Gasteiger partial charge in [0, 0.05) is 26.2 Å². The lowest BCUT2D eigenvalue weighted by atomic mass is 9.78. The van der Waals surface area contributed by atoms with E-state index in [9.17, 15) is 40.4 Å². The summed E-state index contributed by atoms with van der Waals surface area (Å²) in [6, 6.07) is 3.65. The zero-order valence-corrected chi connectivity index (χ0v) is 21.6. The highest BCUT2D eigenvalue weighted by Gasteiger charge is 2.67. The molecule has 16 heteroatoms. The molecule has 0 aliphatic carbocycles. The van der Waals surface area contributed by atoms with Crippen LogP contribution in [0.25, 0.3) is 0 Å². The largest absolute Gasteiger partial charge is 0.490 e. The van der Waals surface area contributed by atoms with Gasteiger partial charge in [-0.2, -0.15) is 17.5 Å². The third-order valence-electron chi connectivity index (χ3n) is 6.53. The summed E-state index contributed by atoms with van der Waals surface area (Å²) >= 11 is 0. The molecule has 3 rings (SSSR count). The number of likely N-dealkylation sites (tertiary alicyclic amines) is 1. The molecule has 2 heterocycles. The molecule has 0 unspecified atom stereocenters. The number of imide groups is 1. The number of fused-ring (bicyclic) bond motifs is 1. The molecule has 2 aliphatic heterocycles. The number of nitrogens with one attached hydrogen (secondary N) is 1. The lowest BCUT2D eigenvalue weighted by Gasteiger charge is -2.31. The fourth-order valence-corrected chi connectivity index (χ4v) is 6.11. The number of nitrogens with zero attached hydrogens (tertiary/aromatic N) is 2. The van der Waals surface area contributed by atoms with Gasteiger partial charge in [-0.15, -0.1) is 0 Å². The zero-order valence-electron chi connectivity index (χ0n) is 20.8. The molecule has 0 bridgehead atoms. The Labute approximate surface area is 215 Å². The summed E-state index contributed by atoms with van der Waals surface area (Å²) < 4.78 is 77.3. The smallest absolute Gasteiger partial charge is 0.475 e. The minimum Gasteiger partial charge on any atom is -0.475 e. The van der Waals surface area contributed by atoms with Gasteiger partial charge >= 0.3 is 18.1 Å². The third kappa shape index (κ3) is 5.66. The van der Waals surface area contributed by atoms with E-state index in [-0.39, 0.29) is 24.4 Å². The van der Waals surface area contributed by atoms with Crippen LogP contribution < -0.4 is 5.32 Å². The van der Waals surface area contributed by atoms with Crippen LogP contribution in [-0.4, -0.2) is 91.5 Å². The van der Waals surface area contributed by atoms with Crippen LogP contribution in [0.1, 0.15) is 20.3 Å². The van der Waals surface area contributed by atoms with Crippen molar-refractivity contribution in [1.82, 2.24) is 14.5 Å². The number of carboxylic acids is 1. The highest BCUT2D eigenvalue weighted by atomic mass is 32.2. The first kappa shape index (κ1) is 31.1. The topological polar surface area (TPSA) is 150 Å². The summed E-state index contributed by atoms with van der Waals surface area (Å²) in [5, 5.41) is 10.2. The minimum absolute atomic E-state index is 0.0740. The zero-order chi connectivity index (χ0) is 29.2. The molecular formula is C22H27F4N3O8S. The molecule has 0 saturated carbocycles. The predicted molar refractivity (Wildman–Crippen MR) is 121 cm³/mol. The molecule has 0 radical (unpaired) electrons. The fraction of sp³-hybridized carbons (Fsp3) is 0.545. The van der Waals surface area contributed by atoms with Crippen LogP contribution in [0.3, 0.4) is 0 Å². The van der Waals surface area contributed by atoms with Gasteiger partial charge in [-0.25, -0.2) is 17.6 Å². The van der Waals surface area contributed by atoms with Crippen molar-refractivity contribution in [3.05, 3.63) is 30.1 Å². The van der Waals surface area contributed by atoms with Gasteiger partial charge in [0.25, 0.3) is 0 Å². The molecule has 0 aromatic heterocycles. The van der Waals surface area contributed by atoms with Crippen molar-refractivity contribution in [2.75, 3.05) is 27.2 Å². The van der Waals surface area contributed by atoms with E-state index in [0.29, 0.717) is 0 Å². The average Bonchev–Trinajstić information content (AvgIpc) is 3.31. The number of ether oxygens (including phenoxy) is 1. The summed E-state index contributed by atoms with van der Waals surface area (Å²) in [5.74, 6) is -6.86. The number of carbonyl (C=O) groups excluding carboxylic acids is 3. The molecule has 38 heavy (non-hydrogen) atoms. The second-order valence-electron chi connectivity index (χ2n) is 8.52. The van der Waals surface area contributed by atoms with Gasteiger partial charge in [0.1, 0.15) is 11.4 Å². The van der Waals surface area contributed by atoms with Crippen molar-refractivity contribution < 1.29 is 55.0 Å². The van der Waals surface area contributed by atoms with Crippen LogP contribution in [-0.2, 0) is 33.9 Å². The van der Waals surface area contributed by atoms with Gasteiger partial charge < -0.3 is 9.84 Å². The molecule has 0 spiro atoms. The first-order valence-electron chi connectivity index (χ1n) is 11.2. The van der Waals surface area contributed by atoms with Crippen molar-refractivity contribution >= 4 is 33.8 Å². The number of amides is 2. The van der Waals surface area contributed by atoms with Crippen LogP contribution in [0.2, 0.25) is 0 Å². The molecule has 2 aliphatic rings. The van der Waals surface area contributed by atoms with Gasteiger partial charge in [-0.3, -0.25) is 24.6 Å². The Kier molecular flexibility index (Phi) is 9.27. The maximum atomic E-state index is 13.2. The standard InChI is InChI=1S/C20H26FN3O6S.C2HF3O2/c1-5-20(19(27)30-4)16-15(17(25)23(3)18(16)26)14(22-20)11-24(6-2)31(28,29)13-9-7-12(21)8-10-13;3-2(4,5)1(6)7/h7-10,14-16,22H,5-6,11H2,1-4H3;(H,6,7)/t14-,15+,16-,20-;/m1./s1. The summed E-state index contributed by atoms with van der Waals surface area (Å²) in [4.78, 5) is 48.2. The van der Waals surface area contributed by atoms with E-state index < -0.39 is 69.2 Å². The lowest BCUT2D eigenvalue weighted by Crippen LogP contribution is -2.58. The van der Waals surface area contributed by atoms with E-state index in [2.05, 4.69) is 5.32 Å². The number of methoxy groups -OCH3 is 1. The lowest BCUT2D eigenvalue weighted by molar-refractivity contribution is -0.192. The van der Waals surface area contributed by atoms with Gasteiger partial charge in [-0.1, -0.05) is 13.8 Å². The summed E-state index contributed by atoms with van der Waals surface area (Å²) in [5.41, 5.74) is -1.43. The van der Waals surface area contributed by atoms with Gasteiger partial charge in [0.05, 0.1) is 23.8 Å². The van der Waals surface area contributed by atoms with Crippen molar-refractivity contribution in [2.24, 2.45) is 11.8 Å². The number of carboxylic acid groups (broad SMARTS) is 1. The molecule has 4 atom stereocenters. The predicted octanol–water partition coefficient (Wildman–Crippen LogP) is 0.994. The first-order chi connectivity index (χ1) is 17.5. The Hall–Kier alpha value is -3.11. The Balaban J connectivity index is 0.000000638. The second kappa shape index (κ2) is 11.3. The van der Waals surface area contributed by atoms with Crippen LogP contribution >= 0.6 is 0 Å². The minimum atomic E-state index is -5.08. The second-order valence-corrected chi connectivity index (χ2v) is 10.5. The third-order valence-corrected chi connectivity index (χ3v) is 8.49. The van der Waals surface area contributed by atoms with Crippen molar-refractivity contribution in [3.63, 3.8) is 0 Å². The van der Waals surface area contributed by atoms with Crippen molar-refractivity contribution in [2.45, 2.75) is 42.9 Å². The van der Waals surface area contributed by atoms with Crippen LogP contribution in [0, 0.1) is 17.7 Å². The number of hydrogen-bond acceptors (Lipinski definition) is 8. The van der Waals surface area contributed by atoms with E-state index >= 15 is 0 Å². The molecule has 2 amide bonds. The number of benzene rings is 1. The van der Waals surface area contributed by atoms with E-state index in [4.69, 9.17) is 14.6 Å². The molecule has 2 fully saturated rings. The quantitative estimate of drug-likeness (QED) is 0.278. The van der Waals surface area contributed by atoms with Gasteiger partial charge in [-0.05, 0) is 30.7 Å². The molecule has 1 aromatic carbocycles. The SMILES string of the molecule is CCN(C[C@H]1N[C@@](CC)(C(=O)OC)[C@H]2C(=O)N(C)C(=O)[C@@H]12)S(=O)(=O)c1ccc(F)cc1.O=C(O)C(F)(F)F. The number of esters is 1. The molecule has 2 N–H and O–H groups in total. The van der Waals surface area contributed by atoms with E-state index in [1.165, 1.54) is 26.3 Å². The number of carbonyl (C=O) groups is 4. The average molecular weight is 570 g/mol. The number of rotatable bonds is 7. The summed E-state index contributed by atoms with van der Waals surface area (Å²) in [6.45, 7) is 3.26. The van der Waals surface area contributed by atoms with E-state index in [0.717, 1.165) is 21.3 Å². The fourth-order valence-electron chi connectivity index (χ4n) is 4.63. The Morgan fingerprint density at radius 1 is 1.16 bits per heavy atom. The Bertz CT molecular complexity index is 1190. The first-order valence-corrected chi connectivity index (χ1v) is 12.7. The summed E-state index contributed by atoms with van der Waals surface area (Å²) in [7, 11) is -1.45.